The third-order valence-corrected chi connectivity index (χ3v) is 6.63. The van der Waals surface area contributed by atoms with Crippen LogP contribution in [0.1, 0.15) is 35.3 Å². The van der Waals surface area contributed by atoms with Crippen LogP contribution < -0.4 is 10.0 Å². The maximum Gasteiger partial charge on any atom is 0.251 e. The second-order valence-electron chi connectivity index (χ2n) is 8.39. The molecule has 1 heterocycles. The van der Waals surface area contributed by atoms with Gasteiger partial charge in [0.2, 0.25) is 21.8 Å². The predicted octanol–water partition coefficient (Wildman–Crippen LogP) is 4.16. The van der Waals surface area contributed by atoms with Gasteiger partial charge < -0.3 is 9.73 Å². The molecular formula is C26H26N4O4S. The highest BCUT2D eigenvalue weighted by atomic mass is 32.2. The Morgan fingerprint density at radius 3 is 2.00 bits per heavy atom. The Bertz CT molecular complexity index is 1380. The van der Waals surface area contributed by atoms with E-state index in [-0.39, 0.29) is 17.7 Å². The molecule has 0 aliphatic rings. The number of amides is 1. The fraction of sp³-hybridized carbons (Fsp3) is 0.192. The highest BCUT2D eigenvalue weighted by Gasteiger charge is 2.14. The number of rotatable bonds is 9. The molecule has 0 spiro atoms. The summed E-state index contributed by atoms with van der Waals surface area (Å²) in [6.07, 6.45) is 0. The molecule has 4 aromatic rings. The normalized spacial score (nSPS) is 11.5. The van der Waals surface area contributed by atoms with Gasteiger partial charge in [-0.15, -0.1) is 10.2 Å². The summed E-state index contributed by atoms with van der Waals surface area (Å²) < 4.78 is 32.5. The average Bonchev–Trinajstić information content (AvgIpc) is 3.33. The van der Waals surface area contributed by atoms with Crippen molar-refractivity contribution in [2.45, 2.75) is 32.2 Å². The van der Waals surface area contributed by atoms with Gasteiger partial charge >= 0.3 is 0 Å². The Balaban J connectivity index is 1.33. The van der Waals surface area contributed by atoms with Gasteiger partial charge in [0.25, 0.3) is 5.91 Å². The van der Waals surface area contributed by atoms with Crippen LogP contribution in [0, 0.1) is 0 Å². The monoisotopic (exact) mass is 490 g/mol. The van der Waals surface area contributed by atoms with Crippen LogP contribution >= 0.6 is 0 Å². The number of nitrogens with one attached hydrogen (secondary N) is 2. The van der Waals surface area contributed by atoms with Crippen molar-refractivity contribution >= 4 is 15.9 Å². The smallest absolute Gasteiger partial charge is 0.251 e. The molecule has 1 aromatic heterocycles. The summed E-state index contributed by atoms with van der Waals surface area (Å²) in [5, 5.41) is 11.1. The van der Waals surface area contributed by atoms with Crippen LogP contribution in [0.4, 0.5) is 0 Å². The van der Waals surface area contributed by atoms with Crippen molar-refractivity contribution < 1.29 is 17.6 Å². The molecule has 35 heavy (non-hydrogen) atoms. The first kappa shape index (κ1) is 24.3. The number of nitrogens with zero attached hydrogens (tertiary/aromatic N) is 2. The number of benzene rings is 3. The molecular weight excluding hydrogens is 464 g/mol. The molecule has 8 nitrogen and oxygen atoms in total. The van der Waals surface area contributed by atoms with Crippen LogP contribution in [0.5, 0.6) is 0 Å². The second kappa shape index (κ2) is 10.6. The van der Waals surface area contributed by atoms with Crippen molar-refractivity contribution in [3.8, 4) is 22.9 Å². The van der Waals surface area contributed by atoms with Crippen molar-refractivity contribution in [2.75, 3.05) is 0 Å². The first-order valence-electron chi connectivity index (χ1n) is 11.1. The predicted molar refractivity (Wildman–Crippen MR) is 134 cm³/mol. The lowest BCUT2D eigenvalue weighted by molar-refractivity contribution is 0.0951. The van der Waals surface area contributed by atoms with Crippen LogP contribution in [0.3, 0.4) is 0 Å². The van der Waals surface area contributed by atoms with Gasteiger partial charge in [-0.3, -0.25) is 4.79 Å². The molecule has 0 fully saturated rings. The minimum atomic E-state index is -3.38. The summed E-state index contributed by atoms with van der Waals surface area (Å²) >= 11 is 0. The number of hydrogen-bond donors (Lipinski definition) is 2. The summed E-state index contributed by atoms with van der Waals surface area (Å²) in [6, 6.07) is 23.4. The van der Waals surface area contributed by atoms with E-state index in [1.807, 2.05) is 42.5 Å². The third kappa shape index (κ3) is 6.62. The molecule has 0 aliphatic heterocycles. The SMILES string of the molecule is CC(C)NS(=O)(=O)Cc1ccc(CNC(=O)c2ccc(-c3nnc(-c4ccccc4)o3)cc2)cc1. The first-order chi connectivity index (χ1) is 16.8. The summed E-state index contributed by atoms with van der Waals surface area (Å²) in [4.78, 5) is 12.6. The van der Waals surface area contributed by atoms with Gasteiger partial charge in [0.05, 0.1) is 5.75 Å². The zero-order valence-electron chi connectivity index (χ0n) is 19.4. The van der Waals surface area contributed by atoms with Crippen LogP contribution in [0.25, 0.3) is 22.9 Å². The molecule has 0 bridgehead atoms. The van der Waals surface area contributed by atoms with Crippen molar-refractivity contribution in [1.82, 2.24) is 20.2 Å². The highest BCUT2D eigenvalue weighted by molar-refractivity contribution is 7.88. The fourth-order valence-corrected chi connectivity index (χ4v) is 4.89. The minimum Gasteiger partial charge on any atom is -0.416 e. The van der Waals surface area contributed by atoms with Gasteiger partial charge in [-0.05, 0) is 61.4 Å². The van der Waals surface area contributed by atoms with Gasteiger partial charge in [0.15, 0.2) is 0 Å². The Labute approximate surface area is 204 Å². The maximum absolute atomic E-state index is 12.6. The number of sulfonamides is 1. The Morgan fingerprint density at radius 1 is 0.829 bits per heavy atom. The zero-order chi connectivity index (χ0) is 24.8. The standard InChI is InChI=1S/C26H26N4O4S/c1-18(2)30-35(32,33)17-20-10-8-19(9-11-20)16-27-24(31)21-12-14-23(15-13-21)26-29-28-25(34-26)22-6-4-3-5-7-22/h3-15,18,30H,16-17H2,1-2H3,(H,27,31). The van der Waals surface area contributed by atoms with Crippen LogP contribution in [-0.2, 0) is 22.3 Å². The molecule has 2 N–H and O–H groups in total. The van der Waals surface area contributed by atoms with Gasteiger partial charge in [0, 0.05) is 29.3 Å². The molecule has 4 rings (SSSR count). The molecule has 0 radical (unpaired) electrons. The Hall–Kier alpha value is -3.82. The highest BCUT2D eigenvalue weighted by Crippen LogP contribution is 2.24. The number of hydrogen-bond acceptors (Lipinski definition) is 6. The topological polar surface area (TPSA) is 114 Å². The average molecular weight is 491 g/mol. The van der Waals surface area contributed by atoms with Gasteiger partial charge in [-0.25, -0.2) is 13.1 Å². The van der Waals surface area contributed by atoms with Crippen molar-refractivity contribution in [1.29, 1.82) is 0 Å². The summed E-state index contributed by atoms with van der Waals surface area (Å²) in [5.41, 5.74) is 3.60. The molecule has 1 amide bonds. The van der Waals surface area contributed by atoms with Crippen molar-refractivity contribution in [2.24, 2.45) is 0 Å². The molecule has 3 aromatic carbocycles. The number of carbonyl (C=O) groups is 1. The van der Waals surface area contributed by atoms with Crippen molar-refractivity contribution in [3.63, 3.8) is 0 Å². The van der Waals surface area contributed by atoms with E-state index in [0.717, 1.165) is 11.1 Å². The molecule has 0 saturated carbocycles. The van der Waals surface area contributed by atoms with E-state index < -0.39 is 10.0 Å². The number of carbonyl (C=O) groups excluding carboxylic acids is 1. The van der Waals surface area contributed by atoms with Crippen LogP contribution in [0.2, 0.25) is 0 Å². The van der Waals surface area contributed by atoms with Gasteiger partial charge in [-0.2, -0.15) is 0 Å². The van der Waals surface area contributed by atoms with Crippen molar-refractivity contribution in [3.05, 3.63) is 95.6 Å². The van der Waals surface area contributed by atoms with E-state index in [2.05, 4.69) is 20.2 Å². The van der Waals surface area contributed by atoms with E-state index in [1.54, 1.807) is 50.2 Å². The quantitative estimate of drug-likeness (QED) is 0.364. The lowest BCUT2D eigenvalue weighted by Crippen LogP contribution is -2.31. The molecule has 180 valence electrons. The van der Waals surface area contributed by atoms with E-state index in [4.69, 9.17) is 4.42 Å². The molecule has 0 saturated heterocycles. The summed E-state index contributed by atoms with van der Waals surface area (Å²) in [5.74, 6) is 0.500. The number of aromatic nitrogens is 2. The molecule has 0 atom stereocenters. The molecule has 9 heteroatoms. The third-order valence-electron chi connectivity index (χ3n) is 5.09. The van der Waals surface area contributed by atoms with E-state index >= 15 is 0 Å². The maximum atomic E-state index is 12.6. The van der Waals surface area contributed by atoms with Gasteiger partial charge in [-0.1, -0.05) is 42.5 Å². The Morgan fingerprint density at radius 2 is 1.40 bits per heavy atom. The van der Waals surface area contributed by atoms with E-state index in [9.17, 15) is 13.2 Å². The lowest BCUT2D eigenvalue weighted by atomic mass is 10.1. The lowest BCUT2D eigenvalue weighted by Gasteiger charge is -2.10. The fourth-order valence-electron chi connectivity index (χ4n) is 3.46. The summed E-state index contributed by atoms with van der Waals surface area (Å²) in [7, 11) is -3.38. The van der Waals surface area contributed by atoms with E-state index in [0.29, 0.717) is 35.0 Å². The largest absolute Gasteiger partial charge is 0.416 e. The second-order valence-corrected chi connectivity index (χ2v) is 10.1. The van der Waals surface area contributed by atoms with E-state index in [1.165, 1.54) is 0 Å². The van der Waals surface area contributed by atoms with Gasteiger partial charge in [0.1, 0.15) is 0 Å². The minimum absolute atomic E-state index is 0.0863. The van der Waals surface area contributed by atoms with Crippen LogP contribution in [0.15, 0.2) is 83.3 Å². The zero-order valence-corrected chi connectivity index (χ0v) is 20.2. The molecule has 0 aliphatic carbocycles. The van der Waals surface area contributed by atoms with Crippen LogP contribution in [-0.4, -0.2) is 30.6 Å². The Kier molecular flexibility index (Phi) is 7.38. The summed E-state index contributed by atoms with van der Waals surface area (Å²) in [6.45, 7) is 3.88. The first-order valence-corrected chi connectivity index (χ1v) is 12.8. The molecule has 0 unspecified atom stereocenters.